The molecule has 40 heavy (non-hydrogen) atoms. The molecule has 4 heterocycles. The number of halogens is 1. The van der Waals surface area contributed by atoms with E-state index in [9.17, 15) is 13.8 Å². The zero-order valence-electron chi connectivity index (χ0n) is 21.4. The normalized spacial score (nSPS) is 14.5. The van der Waals surface area contributed by atoms with E-state index >= 15 is 0 Å². The van der Waals surface area contributed by atoms with Crippen molar-refractivity contribution in [1.29, 1.82) is 0 Å². The number of carbonyl (C=O) groups is 1. The van der Waals surface area contributed by atoms with Crippen molar-refractivity contribution in [3.8, 4) is 11.8 Å². The molecule has 0 unspecified atom stereocenters. The minimum Gasteiger partial charge on any atom is -0.422 e. The maximum atomic E-state index is 14.5. The molecular formula is C23H26FN8O7P. The molecule has 15 nitrogen and oxygen atoms in total. The van der Waals surface area contributed by atoms with Crippen LogP contribution in [0.5, 0.6) is 11.8 Å². The summed E-state index contributed by atoms with van der Waals surface area (Å²) in [7, 11) is -3.05. The highest BCUT2D eigenvalue weighted by Gasteiger charge is 2.27. The summed E-state index contributed by atoms with van der Waals surface area (Å²) in [5.74, 6) is 1.02. The van der Waals surface area contributed by atoms with Crippen molar-refractivity contribution in [2.45, 2.75) is 25.8 Å². The number of aryl methyl sites for hydroxylation is 1. The Morgan fingerprint density at radius 1 is 1.23 bits per heavy atom. The zero-order valence-corrected chi connectivity index (χ0v) is 22.3. The topological polar surface area (TPSA) is 197 Å². The molecule has 5 rings (SSSR count). The lowest BCUT2D eigenvalue weighted by Crippen LogP contribution is -2.45. The molecule has 4 aromatic rings. The summed E-state index contributed by atoms with van der Waals surface area (Å²) in [5, 5.41) is 6.85. The van der Waals surface area contributed by atoms with Crippen molar-refractivity contribution in [3.05, 3.63) is 36.2 Å². The molecule has 1 aliphatic heterocycles. The fourth-order valence-electron chi connectivity index (χ4n) is 4.43. The molecule has 212 valence electrons. The quantitative estimate of drug-likeness (QED) is 0.152. The summed E-state index contributed by atoms with van der Waals surface area (Å²) in [6.45, 7) is 1.80. The maximum Gasteiger partial charge on any atom is 0.472 e. The number of piperidine rings is 1. The minimum atomic E-state index is -4.75. The van der Waals surface area contributed by atoms with Crippen LogP contribution in [0, 0.1) is 12.7 Å². The smallest absolute Gasteiger partial charge is 0.422 e. The van der Waals surface area contributed by atoms with Gasteiger partial charge in [0.1, 0.15) is 23.1 Å². The third kappa shape index (κ3) is 6.20. The average Bonchev–Trinajstić information content (AvgIpc) is 3.27. The van der Waals surface area contributed by atoms with Crippen LogP contribution in [0.1, 0.15) is 18.7 Å². The van der Waals surface area contributed by atoms with Gasteiger partial charge in [0.05, 0.1) is 29.0 Å². The number of carbonyl (C=O) groups excluding carboxylic acids is 1. The summed E-state index contributed by atoms with van der Waals surface area (Å²) in [6, 6.07) is 2.57. The molecule has 0 radical (unpaired) electrons. The van der Waals surface area contributed by atoms with E-state index in [2.05, 4.69) is 44.8 Å². The number of hydrogen-bond acceptors (Lipinski definition) is 11. The van der Waals surface area contributed by atoms with Gasteiger partial charge in [-0.3, -0.25) is 0 Å². The van der Waals surface area contributed by atoms with Gasteiger partial charge in [0.2, 0.25) is 6.79 Å². The fraction of sp³-hybridized carbons (Fsp3) is 0.348. The SMILES string of the molecule is CNc1cc(F)cc2c1[nH]c1nc(Oc3cnc(C)nc3)nc(N3CCC(NC(=O)OCOP(=O)(O)O)CC3)c12. The Labute approximate surface area is 226 Å². The fourth-order valence-corrected chi connectivity index (χ4v) is 4.62. The van der Waals surface area contributed by atoms with E-state index in [0.717, 1.165) is 0 Å². The van der Waals surface area contributed by atoms with Crippen LogP contribution in [0.3, 0.4) is 0 Å². The van der Waals surface area contributed by atoms with Crippen molar-refractivity contribution < 1.29 is 37.5 Å². The van der Waals surface area contributed by atoms with Gasteiger partial charge in [-0.1, -0.05) is 0 Å². The predicted octanol–water partition coefficient (Wildman–Crippen LogP) is 2.94. The number of fused-ring (bicyclic) bond motifs is 3. The first kappa shape index (κ1) is 27.5. The second-order valence-electron chi connectivity index (χ2n) is 8.95. The monoisotopic (exact) mass is 576 g/mol. The Morgan fingerprint density at radius 3 is 2.62 bits per heavy atom. The van der Waals surface area contributed by atoms with Crippen molar-refractivity contribution in [1.82, 2.24) is 30.2 Å². The van der Waals surface area contributed by atoms with Crippen LogP contribution in [0.15, 0.2) is 24.5 Å². The van der Waals surface area contributed by atoms with Crippen molar-refractivity contribution >= 4 is 47.4 Å². The molecule has 0 saturated carbocycles. The van der Waals surface area contributed by atoms with E-state index in [1.54, 1.807) is 14.0 Å². The van der Waals surface area contributed by atoms with Gasteiger partial charge >= 0.3 is 19.9 Å². The van der Waals surface area contributed by atoms with E-state index < -0.39 is 26.5 Å². The summed E-state index contributed by atoms with van der Waals surface area (Å²) in [4.78, 5) is 52.1. The van der Waals surface area contributed by atoms with Crippen LogP contribution in [-0.4, -0.2) is 73.8 Å². The van der Waals surface area contributed by atoms with Crippen LogP contribution >= 0.6 is 7.82 Å². The van der Waals surface area contributed by atoms with Gasteiger partial charge in [0.25, 0.3) is 0 Å². The van der Waals surface area contributed by atoms with Crippen molar-refractivity contribution in [2.24, 2.45) is 0 Å². The highest BCUT2D eigenvalue weighted by Crippen LogP contribution is 2.38. The highest BCUT2D eigenvalue weighted by atomic mass is 31.2. The molecule has 1 saturated heterocycles. The molecule has 1 amide bonds. The van der Waals surface area contributed by atoms with E-state index in [1.165, 1.54) is 24.5 Å². The van der Waals surface area contributed by atoms with Gasteiger partial charge in [0, 0.05) is 31.6 Å². The highest BCUT2D eigenvalue weighted by molar-refractivity contribution is 7.46. The number of nitrogens with zero attached hydrogens (tertiary/aromatic N) is 5. The number of rotatable bonds is 8. The van der Waals surface area contributed by atoms with Crippen LogP contribution in [0.2, 0.25) is 0 Å². The predicted molar refractivity (Wildman–Crippen MR) is 141 cm³/mol. The molecule has 0 spiro atoms. The Hall–Kier alpha value is -4.11. The number of phosphoric acid groups is 1. The lowest BCUT2D eigenvalue weighted by molar-refractivity contribution is 0.0379. The van der Waals surface area contributed by atoms with Gasteiger partial charge in [-0.05, 0) is 31.9 Å². The molecule has 1 aliphatic rings. The molecule has 17 heteroatoms. The van der Waals surface area contributed by atoms with E-state index in [4.69, 9.17) is 14.5 Å². The molecule has 1 fully saturated rings. The Kier molecular flexibility index (Phi) is 7.67. The Balaban J connectivity index is 1.41. The molecular weight excluding hydrogens is 550 g/mol. The zero-order chi connectivity index (χ0) is 28.4. The molecule has 1 aromatic carbocycles. The first-order valence-corrected chi connectivity index (χ1v) is 13.7. The van der Waals surface area contributed by atoms with Crippen LogP contribution in [0.25, 0.3) is 21.9 Å². The summed E-state index contributed by atoms with van der Waals surface area (Å²) < 4.78 is 39.9. The van der Waals surface area contributed by atoms with Gasteiger partial charge in [-0.15, -0.1) is 0 Å². The number of hydrogen-bond donors (Lipinski definition) is 5. The number of phosphoric ester groups is 1. The molecule has 0 bridgehead atoms. The third-order valence-corrected chi connectivity index (χ3v) is 6.69. The largest absolute Gasteiger partial charge is 0.472 e. The molecule has 5 N–H and O–H groups in total. The second-order valence-corrected chi connectivity index (χ2v) is 10.2. The number of amides is 1. The average molecular weight is 576 g/mol. The van der Waals surface area contributed by atoms with E-state index in [1.807, 2.05) is 4.90 Å². The van der Waals surface area contributed by atoms with Crippen LogP contribution in [0.4, 0.5) is 20.7 Å². The third-order valence-electron chi connectivity index (χ3n) is 6.25. The standard InChI is InChI=1S/C23H26FN8O7P/c1-12-26-9-15(10-27-12)39-22-30-20-18(16-7-13(24)8-17(25-2)19(16)29-20)21(31-22)32-5-3-14(4-6-32)28-23(33)37-11-38-40(34,35)36/h7-10,14,25H,3-6,11H2,1-2H3,(H,28,33)(H,29,30,31)(H2,34,35,36). The summed E-state index contributed by atoms with van der Waals surface area (Å²) >= 11 is 0. The van der Waals surface area contributed by atoms with E-state index in [0.29, 0.717) is 70.9 Å². The summed E-state index contributed by atoms with van der Waals surface area (Å²) in [6.07, 6.45) is 3.16. The van der Waals surface area contributed by atoms with Gasteiger partial charge in [-0.25, -0.2) is 28.2 Å². The first-order chi connectivity index (χ1) is 19.1. The second kappa shape index (κ2) is 11.2. The number of alkyl carbamates (subject to hydrolysis) is 1. The Morgan fingerprint density at radius 2 is 1.95 bits per heavy atom. The minimum absolute atomic E-state index is 0.0434. The van der Waals surface area contributed by atoms with Crippen molar-refractivity contribution in [2.75, 3.05) is 37.1 Å². The number of nitrogens with one attached hydrogen (secondary N) is 3. The number of anilines is 2. The lowest BCUT2D eigenvalue weighted by atomic mass is 10.0. The van der Waals surface area contributed by atoms with Crippen LogP contribution in [-0.2, 0) is 13.8 Å². The molecule has 3 aromatic heterocycles. The summed E-state index contributed by atoms with van der Waals surface area (Å²) in [5.41, 5.74) is 1.65. The van der Waals surface area contributed by atoms with Gasteiger partial charge < -0.3 is 39.8 Å². The van der Waals surface area contributed by atoms with Crippen molar-refractivity contribution in [3.63, 3.8) is 0 Å². The molecule has 0 aliphatic carbocycles. The van der Waals surface area contributed by atoms with Gasteiger partial charge in [0.15, 0.2) is 5.75 Å². The number of aromatic amines is 1. The first-order valence-electron chi connectivity index (χ1n) is 12.1. The number of ether oxygens (including phenoxy) is 2. The number of benzene rings is 1. The van der Waals surface area contributed by atoms with Crippen LogP contribution < -0.4 is 20.3 Å². The number of H-pyrrole nitrogens is 1. The van der Waals surface area contributed by atoms with Gasteiger partial charge in [-0.2, -0.15) is 9.97 Å². The molecule has 0 atom stereocenters. The maximum absolute atomic E-state index is 14.5. The van der Waals surface area contributed by atoms with E-state index in [-0.39, 0.29) is 12.1 Å². The number of aromatic nitrogens is 5. The Bertz CT molecular complexity index is 1590. The lowest BCUT2D eigenvalue weighted by Gasteiger charge is -2.33.